The minimum absolute atomic E-state index is 0.158. The number of thioether (sulfide) groups is 1. The van der Waals surface area contributed by atoms with Gasteiger partial charge >= 0.3 is 11.9 Å². The first-order chi connectivity index (χ1) is 15.9. The molecule has 1 aromatic carbocycles. The normalized spacial score (nSPS) is 13.3. The molecule has 2 aromatic rings. The molecule has 1 aliphatic heterocycles. The van der Waals surface area contributed by atoms with Crippen molar-refractivity contribution in [1.82, 2.24) is 4.57 Å². The van der Waals surface area contributed by atoms with Gasteiger partial charge in [0.25, 0.3) is 0 Å². The van der Waals surface area contributed by atoms with Crippen molar-refractivity contribution in [3.8, 4) is 0 Å². The number of anilines is 1. The van der Waals surface area contributed by atoms with Crippen LogP contribution in [0.3, 0.4) is 0 Å². The minimum Gasteiger partial charge on any atom is -0.463 e. The topological polar surface area (TPSA) is 77.8 Å². The monoisotopic (exact) mass is 532 g/mol. The van der Waals surface area contributed by atoms with Crippen LogP contribution in [0.5, 0.6) is 0 Å². The van der Waals surface area contributed by atoms with Gasteiger partial charge in [0, 0.05) is 34.9 Å². The van der Waals surface area contributed by atoms with E-state index in [9.17, 15) is 14.4 Å². The molecule has 2 heterocycles. The van der Waals surface area contributed by atoms with Crippen LogP contribution in [-0.4, -0.2) is 42.0 Å². The summed E-state index contributed by atoms with van der Waals surface area (Å²) in [7, 11) is 0. The summed E-state index contributed by atoms with van der Waals surface area (Å²) in [5, 5.41) is 3.52. The Morgan fingerprint density at radius 2 is 1.79 bits per heavy atom. The van der Waals surface area contributed by atoms with Crippen molar-refractivity contribution in [2.45, 2.75) is 27.3 Å². The molecule has 1 aliphatic rings. The van der Waals surface area contributed by atoms with Crippen LogP contribution >= 0.6 is 27.7 Å². The Hall–Kier alpha value is -2.78. The molecule has 0 saturated heterocycles. The SMILES string of the molecule is CCOC(=O)/C=C\S/C=C(/C)N1CCn2c(C(=O)c3ccc(Br)cc3)cc(C(=O)OCC)c21. The standard InChI is InChI=1S/C24H25BrN2O5S/c1-4-31-21(28)10-13-33-15-16(3)26-11-12-27-20(14-19(23(26)27)24(30)32-5-2)22(29)17-6-8-18(25)9-7-17/h6-10,13-15H,4-5,11-12H2,1-3H3/b13-10-,16-15-. The van der Waals surface area contributed by atoms with E-state index in [1.54, 1.807) is 37.5 Å². The Morgan fingerprint density at radius 1 is 1.09 bits per heavy atom. The van der Waals surface area contributed by atoms with Gasteiger partial charge in [-0.2, -0.15) is 0 Å². The predicted molar refractivity (Wildman–Crippen MR) is 132 cm³/mol. The van der Waals surface area contributed by atoms with Gasteiger partial charge in [0.05, 0.1) is 18.9 Å². The summed E-state index contributed by atoms with van der Waals surface area (Å²) < 4.78 is 12.9. The van der Waals surface area contributed by atoms with Gasteiger partial charge in [-0.3, -0.25) is 4.79 Å². The van der Waals surface area contributed by atoms with E-state index >= 15 is 0 Å². The highest BCUT2D eigenvalue weighted by Gasteiger charge is 2.33. The number of halogens is 1. The third-order valence-corrected chi connectivity index (χ3v) is 6.24. The molecule has 0 saturated carbocycles. The highest BCUT2D eigenvalue weighted by molar-refractivity contribution is 9.10. The maximum Gasteiger partial charge on any atom is 0.341 e. The Morgan fingerprint density at radius 3 is 2.45 bits per heavy atom. The van der Waals surface area contributed by atoms with Crippen LogP contribution in [0.15, 0.2) is 57.4 Å². The second-order valence-electron chi connectivity index (χ2n) is 7.08. The van der Waals surface area contributed by atoms with E-state index in [2.05, 4.69) is 15.9 Å². The molecule has 1 aromatic heterocycles. The number of allylic oxidation sites excluding steroid dienone is 1. The van der Waals surface area contributed by atoms with Crippen LogP contribution in [0.25, 0.3) is 0 Å². The molecule has 0 bridgehead atoms. The predicted octanol–water partition coefficient (Wildman–Crippen LogP) is 5.15. The molecule has 0 fully saturated rings. The zero-order valence-corrected chi connectivity index (χ0v) is 21.1. The molecule has 9 heteroatoms. The number of fused-ring (bicyclic) bond motifs is 1. The number of ketones is 1. The first-order valence-corrected chi connectivity index (χ1v) is 12.2. The smallest absolute Gasteiger partial charge is 0.341 e. The summed E-state index contributed by atoms with van der Waals surface area (Å²) >= 11 is 4.71. The lowest BCUT2D eigenvalue weighted by atomic mass is 10.1. The van der Waals surface area contributed by atoms with E-state index in [1.165, 1.54) is 17.8 Å². The lowest BCUT2D eigenvalue weighted by molar-refractivity contribution is -0.137. The fourth-order valence-electron chi connectivity index (χ4n) is 3.49. The number of nitrogens with zero attached hydrogens (tertiary/aromatic N) is 2. The zero-order valence-electron chi connectivity index (χ0n) is 18.7. The summed E-state index contributed by atoms with van der Waals surface area (Å²) in [5.41, 5.74) is 2.22. The highest BCUT2D eigenvalue weighted by Crippen LogP contribution is 2.35. The van der Waals surface area contributed by atoms with Gasteiger partial charge in [-0.15, -0.1) is 11.8 Å². The fourth-order valence-corrected chi connectivity index (χ4v) is 4.35. The summed E-state index contributed by atoms with van der Waals surface area (Å²) in [5.74, 6) is -0.385. The van der Waals surface area contributed by atoms with Gasteiger partial charge in [-0.1, -0.05) is 15.9 Å². The van der Waals surface area contributed by atoms with Crippen LogP contribution < -0.4 is 4.90 Å². The number of benzene rings is 1. The van der Waals surface area contributed by atoms with E-state index < -0.39 is 11.9 Å². The molecule has 0 amide bonds. The zero-order chi connectivity index (χ0) is 24.0. The number of esters is 2. The van der Waals surface area contributed by atoms with Crippen molar-refractivity contribution in [2.24, 2.45) is 0 Å². The molecule has 0 atom stereocenters. The second kappa shape index (κ2) is 11.4. The number of hydrogen-bond donors (Lipinski definition) is 0. The quantitative estimate of drug-likeness (QED) is 0.251. The van der Waals surface area contributed by atoms with Gasteiger partial charge in [-0.05, 0) is 61.9 Å². The molecule has 0 aliphatic carbocycles. The molecule has 0 unspecified atom stereocenters. The number of aromatic nitrogens is 1. The van der Waals surface area contributed by atoms with Crippen LogP contribution in [0.4, 0.5) is 5.82 Å². The Kier molecular flexibility index (Phi) is 8.57. The van der Waals surface area contributed by atoms with E-state index in [0.29, 0.717) is 42.3 Å². The first kappa shape index (κ1) is 24.9. The van der Waals surface area contributed by atoms with Gasteiger partial charge in [0.15, 0.2) is 0 Å². The summed E-state index contributed by atoms with van der Waals surface area (Å²) in [4.78, 5) is 39.4. The molecule has 0 N–H and O–H groups in total. The molecule has 33 heavy (non-hydrogen) atoms. The summed E-state index contributed by atoms with van der Waals surface area (Å²) in [6, 6.07) is 8.74. The van der Waals surface area contributed by atoms with Gasteiger partial charge in [-0.25, -0.2) is 9.59 Å². The van der Waals surface area contributed by atoms with Crippen LogP contribution in [0, 0.1) is 0 Å². The Balaban J connectivity index is 1.92. The van der Waals surface area contributed by atoms with Crippen LogP contribution in [0.2, 0.25) is 0 Å². The van der Waals surface area contributed by atoms with Crippen LogP contribution in [-0.2, 0) is 20.8 Å². The van der Waals surface area contributed by atoms with Crippen molar-refractivity contribution in [3.63, 3.8) is 0 Å². The molecule has 7 nitrogen and oxygen atoms in total. The number of hydrogen-bond acceptors (Lipinski definition) is 7. The average Bonchev–Trinajstić information content (AvgIpc) is 3.38. The maximum atomic E-state index is 13.2. The van der Waals surface area contributed by atoms with E-state index in [4.69, 9.17) is 9.47 Å². The van der Waals surface area contributed by atoms with Crippen molar-refractivity contribution >= 4 is 51.2 Å². The first-order valence-electron chi connectivity index (χ1n) is 10.5. The summed E-state index contributed by atoms with van der Waals surface area (Å²) in [6.07, 6.45) is 1.36. The summed E-state index contributed by atoms with van der Waals surface area (Å²) in [6.45, 7) is 7.14. The minimum atomic E-state index is -0.467. The maximum absolute atomic E-state index is 13.2. The number of rotatable bonds is 9. The van der Waals surface area contributed by atoms with Gasteiger partial charge < -0.3 is 18.9 Å². The van der Waals surface area contributed by atoms with Crippen molar-refractivity contribution in [3.05, 3.63) is 74.2 Å². The lowest BCUT2D eigenvalue weighted by Crippen LogP contribution is -2.20. The van der Waals surface area contributed by atoms with E-state index in [1.807, 2.05) is 33.9 Å². The number of carbonyl (C=O) groups is 3. The van der Waals surface area contributed by atoms with Gasteiger partial charge in [0.2, 0.25) is 5.78 Å². The molecule has 0 spiro atoms. The highest BCUT2D eigenvalue weighted by atomic mass is 79.9. The lowest BCUT2D eigenvalue weighted by Gasteiger charge is -2.19. The third-order valence-electron chi connectivity index (χ3n) is 4.94. The van der Waals surface area contributed by atoms with Crippen molar-refractivity contribution in [2.75, 3.05) is 24.7 Å². The Labute approximate surface area is 205 Å². The van der Waals surface area contributed by atoms with E-state index in [-0.39, 0.29) is 12.4 Å². The van der Waals surface area contributed by atoms with E-state index in [0.717, 1.165) is 10.2 Å². The number of carbonyl (C=O) groups excluding carboxylic acids is 3. The number of ether oxygens (including phenoxy) is 2. The van der Waals surface area contributed by atoms with Crippen molar-refractivity contribution < 1.29 is 23.9 Å². The Bertz CT molecular complexity index is 1100. The molecular formula is C24H25BrN2O5S. The molecule has 0 radical (unpaired) electrons. The largest absolute Gasteiger partial charge is 0.463 e. The third kappa shape index (κ3) is 5.78. The van der Waals surface area contributed by atoms with Gasteiger partial charge in [0.1, 0.15) is 11.4 Å². The van der Waals surface area contributed by atoms with Crippen molar-refractivity contribution in [1.29, 1.82) is 0 Å². The molecule has 174 valence electrons. The average molecular weight is 533 g/mol. The van der Waals surface area contributed by atoms with Crippen LogP contribution in [0.1, 0.15) is 47.2 Å². The fraction of sp³-hybridized carbons (Fsp3) is 0.292. The molecular weight excluding hydrogens is 508 g/mol. The second-order valence-corrected chi connectivity index (χ2v) is 8.77. The molecule has 3 rings (SSSR count).